The molecule has 4 rings (SSSR count). The number of rotatable bonds is 6. The first-order valence-corrected chi connectivity index (χ1v) is 11.9. The van der Waals surface area contributed by atoms with E-state index in [9.17, 15) is 19.8 Å². The van der Waals surface area contributed by atoms with Crippen molar-refractivity contribution >= 4 is 11.6 Å². The molecule has 2 aliphatic heterocycles. The van der Waals surface area contributed by atoms with Crippen LogP contribution in [0.15, 0.2) is 0 Å². The van der Waals surface area contributed by atoms with E-state index in [0.29, 0.717) is 12.0 Å². The summed E-state index contributed by atoms with van der Waals surface area (Å²) in [6, 6.07) is 0. The van der Waals surface area contributed by atoms with Crippen molar-refractivity contribution in [3.8, 4) is 17.2 Å². The number of ether oxygens (including phenoxy) is 2. The van der Waals surface area contributed by atoms with Crippen LogP contribution in [0.3, 0.4) is 0 Å². The maximum atomic E-state index is 13.3. The van der Waals surface area contributed by atoms with Crippen LogP contribution in [0, 0.1) is 17.8 Å². The predicted octanol–water partition coefficient (Wildman–Crippen LogP) is 5.73. The summed E-state index contributed by atoms with van der Waals surface area (Å²) < 4.78 is 12.9. The Morgan fingerprint density at radius 2 is 1.59 bits per heavy atom. The average molecular weight is 445 g/mol. The van der Waals surface area contributed by atoms with Gasteiger partial charge in [0.05, 0.1) is 5.60 Å². The van der Waals surface area contributed by atoms with Gasteiger partial charge in [-0.2, -0.15) is 0 Å². The van der Waals surface area contributed by atoms with Crippen LogP contribution in [0.2, 0.25) is 0 Å². The van der Waals surface area contributed by atoms with Gasteiger partial charge >= 0.3 is 0 Å². The number of phenolic OH excluding ortho intramolecular Hbond substituents is 2. The second-order valence-corrected chi connectivity index (χ2v) is 11.3. The molecule has 0 radical (unpaired) electrons. The molecule has 32 heavy (non-hydrogen) atoms. The SMILES string of the molecule is CC(C)CC(=O)c1c(O)c(C(=O)CC(C)C)c2c(c1O)C1CCCC3(O2)OC(C)(C)CC13. The molecule has 6 heteroatoms. The Hall–Kier alpha value is -2.08. The zero-order valence-corrected chi connectivity index (χ0v) is 20.1. The molecule has 0 spiro atoms. The molecule has 1 saturated carbocycles. The van der Waals surface area contributed by atoms with E-state index in [0.717, 1.165) is 19.3 Å². The quantitative estimate of drug-likeness (QED) is 0.545. The van der Waals surface area contributed by atoms with Crippen molar-refractivity contribution in [2.45, 2.75) is 97.4 Å². The fourth-order valence-corrected chi connectivity index (χ4v) is 6.03. The number of carbonyl (C=O) groups is 2. The number of benzene rings is 1. The summed E-state index contributed by atoms with van der Waals surface area (Å²) in [6.07, 6.45) is 3.52. The Labute approximate surface area is 190 Å². The molecule has 176 valence electrons. The number of Topliss-reactive ketones (excluding diaryl/α,β-unsaturated/α-hetero) is 2. The third-order valence-electron chi connectivity index (χ3n) is 7.08. The zero-order chi connectivity index (χ0) is 23.6. The van der Waals surface area contributed by atoms with E-state index >= 15 is 0 Å². The maximum Gasteiger partial charge on any atom is 0.214 e. The lowest BCUT2D eigenvalue weighted by Crippen LogP contribution is -2.50. The number of phenols is 2. The smallest absolute Gasteiger partial charge is 0.214 e. The maximum absolute atomic E-state index is 13.3. The van der Waals surface area contributed by atoms with Gasteiger partial charge < -0.3 is 19.7 Å². The molecular formula is C26H36O6. The highest BCUT2D eigenvalue weighted by Gasteiger charge is 2.62. The predicted molar refractivity (Wildman–Crippen MR) is 121 cm³/mol. The second-order valence-electron chi connectivity index (χ2n) is 11.3. The van der Waals surface area contributed by atoms with Gasteiger partial charge in [0.1, 0.15) is 28.4 Å². The van der Waals surface area contributed by atoms with E-state index in [1.807, 2.05) is 41.5 Å². The van der Waals surface area contributed by atoms with Crippen LogP contribution in [0.1, 0.15) is 112 Å². The molecule has 1 aromatic rings. The lowest BCUT2D eigenvalue weighted by atomic mass is 9.67. The van der Waals surface area contributed by atoms with Crippen molar-refractivity contribution < 1.29 is 29.3 Å². The number of aromatic hydroxyl groups is 2. The standard InChI is InChI=1S/C26H36O6/c1-13(2)10-17(27)20-22(29)19-15-8-7-9-26(16(15)12-25(5,6)32-26)31-24(19)21(23(20)30)18(28)11-14(3)4/h13-16,29-30H,7-12H2,1-6H3. The molecule has 2 heterocycles. The molecule has 2 fully saturated rings. The topological polar surface area (TPSA) is 93.1 Å². The zero-order valence-electron chi connectivity index (χ0n) is 20.1. The highest BCUT2D eigenvalue weighted by Crippen LogP contribution is 2.64. The van der Waals surface area contributed by atoms with E-state index in [1.165, 1.54) is 0 Å². The van der Waals surface area contributed by atoms with Crippen LogP contribution in [-0.2, 0) is 4.74 Å². The highest BCUT2D eigenvalue weighted by atomic mass is 16.7. The minimum absolute atomic E-state index is 0.0234. The Morgan fingerprint density at radius 1 is 1.00 bits per heavy atom. The molecule has 3 aliphatic rings. The fourth-order valence-electron chi connectivity index (χ4n) is 6.03. The van der Waals surface area contributed by atoms with E-state index < -0.39 is 17.1 Å². The van der Waals surface area contributed by atoms with Crippen LogP contribution in [0.5, 0.6) is 17.2 Å². The summed E-state index contributed by atoms with van der Waals surface area (Å²) in [7, 11) is 0. The van der Waals surface area contributed by atoms with Crippen molar-refractivity contribution in [3.63, 3.8) is 0 Å². The van der Waals surface area contributed by atoms with Crippen LogP contribution >= 0.6 is 0 Å². The normalized spacial score (nSPS) is 27.8. The van der Waals surface area contributed by atoms with Crippen molar-refractivity contribution in [2.24, 2.45) is 17.8 Å². The minimum Gasteiger partial charge on any atom is -0.507 e. The molecule has 6 nitrogen and oxygen atoms in total. The molecule has 2 N–H and O–H groups in total. The first kappa shape index (κ1) is 23.1. The molecule has 1 saturated heterocycles. The van der Waals surface area contributed by atoms with Gasteiger partial charge in [-0.25, -0.2) is 0 Å². The molecule has 2 bridgehead atoms. The van der Waals surface area contributed by atoms with Gasteiger partial charge in [0.25, 0.3) is 0 Å². The number of hydrogen-bond donors (Lipinski definition) is 2. The number of ketones is 2. The van der Waals surface area contributed by atoms with E-state index in [-0.39, 0.29) is 70.7 Å². The van der Waals surface area contributed by atoms with Crippen molar-refractivity contribution in [2.75, 3.05) is 0 Å². The summed E-state index contributed by atoms with van der Waals surface area (Å²) in [6.45, 7) is 11.7. The van der Waals surface area contributed by atoms with Gasteiger partial charge in [-0.05, 0) is 44.9 Å². The van der Waals surface area contributed by atoms with E-state index in [4.69, 9.17) is 9.47 Å². The molecule has 0 amide bonds. The monoisotopic (exact) mass is 444 g/mol. The Bertz CT molecular complexity index is 960. The van der Waals surface area contributed by atoms with Gasteiger partial charge in [0.15, 0.2) is 11.6 Å². The Morgan fingerprint density at radius 3 is 2.19 bits per heavy atom. The summed E-state index contributed by atoms with van der Waals surface area (Å²) in [5.74, 6) is -1.92. The lowest BCUT2D eigenvalue weighted by Gasteiger charge is -2.48. The van der Waals surface area contributed by atoms with Crippen LogP contribution < -0.4 is 4.74 Å². The second kappa shape index (κ2) is 7.75. The summed E-state index contributed by atoms with van der Waals surface area (Å²) in [5.41, 5.74) is -0.00424. The Kier molecular flexibility index (Phi) is 5.60. The first-order valence-electron chi connectivity index (χ1n) is 11.9. The summed E-state index contributed by atoms with van der Waals surface area (Å²) in [4.78, 5) is 26.4. The van der Waals surface area contributed by atoms with Gasteiger partial charge in [-0.1, -0.05) is 27.7 Å². The molecule has 3 unspecified atom stereocenters. The number of hydrogen-bond acceptors (Lipinski definition) is 6. The van der Waals surface area contributed by atoms with Gasteiger partial charge in [-0.3, -0.25) is 9.59 Å². The Balaban J connectivity index is 1.96. The van der Waals surface area contributed by atoms with E-state index in [1.54, 1.807) is 0 Å². The number of fused-ring (bicyclic) bond motifs is 2. The van der Waals surface area contributed by atoms with Crippen LogP contribution in [-0.4, -0.2) is 33.2 Å². The summed E-state index contributed by atoms with van der Waals surface area (Å²) in [5, 5.41) is 22.5. The van der Waals surface area contributed by atoms with Gasteiger partial charge in [-0.15, -0.1) is 0 Å². The van der Waals surface area contributed by atoms with Crippen LogP contribution in [0.25, 0.3) is 0 Å². The molecule has 1 aliphatic carbocycles. The van der Waals surface area contributed by atoms with Crippen molar-refractivity contribution in [1.82, 2.24) is 0 Å². The van der Waals surface area contributed by atoms with Gasteiger partial charge in [0, 0.05) is 36.7 Å². The summed E-state index contributed by atoms with van der Waals surface area (Å²) >= 11 is 0. The van der Waals surface area contributed by atoms with E-state index in [2.05, 4.69) is 0 Å². The van der Waals surface area contributed by atoms with Crippen molar-refractivity contribution in [1.29, 1.82) is 0 Å². The fraction of sp³-hybridized carbons (Fsp3) is 0.692. The third-order valence-corrected chi connectivity index (χ3v) is 7.08. The molecule has 3 atom stereocenters. The molecule has 0 aromatic heterocycles. The van der Waals surface area contributed by atoms with Crippen LogP contribution in [0.4, 0.5) is 0 Å². The van der Waals surface area contributed by atoms with Gasteiger partial charge in [0.2, 0.25) is 5.79 Å². The number of carbonyl (C=O) groups excluding carboxylic acids is 2. The molecule has 1 aromatic carbocycles. The average Bonchev–Trinajstić information content (AvgIpc) is 2.90. The minimum atomic E-state index is -0.866. The molecular weight excluding hydrogens is 408 g/mol. The third kappa shape index (κ3) is 3.60. The highest BCUT2D eigenvalue weighted by molar-refractivity contribution is 6.09. The lowest BCUT2D eigenvalue weighted by molar-refractivity contribution is -0.234. The largest absolute Gasteiger partial charge is 0.507 e. The first-order chi connectivity index (χ1) is 14.9. The van der Waals surface area contributed by atoms with Crippen molar-refractivity contribution in [3.05, 3.63) is 16.7 Å².